The highest BCUT2D eigenvalue weighted by atomic mass is 127. The van der Waals surface area contributed by atoms with Gasteiger partial charge in [0.05, 0.1) is 31.3 Å². The van der Waals surface area contributed by atoms with Crippen molar-refractivity contribution in [1.29, 1.82) is 0 Å². The van der Waals surface area contributed by atoms with E-state index in [4.69, 9.17) is 9.47 Å². The second kappa shape index (κ2) is 14.7. The minimum atomic E-state index is -2.84. The molecule has 2 rings (SSSR count). The van der Waals surface area contributed by atoms with Gasteiger partial charge < -0.3 is 20.1 Å². The number of nitrogens with one attached hydrogen (secondary N) is 2. The second-order valence-electron chi connectivity index (χ2n) is 7.08. The fraction of sp³-hybridized carbons (Fsp3) is 0.667. The van der Waals surface area contributed by atoms with Crippen molar-refractivity contribution in [2.75, 3.05) is 64.0 Å². The number of hydrogen-bond donors (Lipinski definition) is 2. The second-order valence-corrected chi connectivity index (χ2v) is 9.38. The molecule has 1 aromatic carbocycles. The van der Waals surface area contributed by atoms with Gasteiger partial charge in [-0.3, -0.25) is 9.89 Å². The first-order valence-corrected chi connectivity index (χ1v) is 12.6. The summed E-state index contributed by atoms with van der Waals surface area (Å²) in [5.74, 6) is 2.83. The van der Waals surface area contributed by atoms with Crippen LogP contribution in [-0.2, 0) is 16.3 Å². The van der Waals surface area contributed by atoms with Crippen molar-refractivity contribution >= 4 is 39.8 Å². The molecule has 0 saturated carbocycles. The lowest BCUT2D eigenvalue weighted by atomic mass is 10.1. The molecule has 0 bridgehead atoms. The predicted octanol–water partition coefficient (Wildman–Crippen LogP) is 1.93. The number of aliphatic imine (C=N–C) groups is 1. The predicted molar refractivity (Wildman–Crippen MR) is 137 cm³/mol. The number of sulfone groups is 1. The monoisotopic (exact) mass is 568 g/mol. The summed E-state index contributed by atoms with van der Waals surface area (Å²) in [5, 5.41) is 6.62. The molecule has 0 aromatic heterocycles. The van der Waals surface area contributed by atoms with Gasteiger partial charge in [0.2, 0.25) is 0 Å². The highest BCUT2D eigenvalue weighted by Gasteiger charge is 2.20. The van der Waals surface area contributed by atoms with Gasteiger partial charge >= 0.3 is 0 Å². The minimum absolute atomic E-state index is 0. The molecule has 1 aromatic rings. The van der Waals surface area contributed by atoms with Crippen LogP contribution in [0.2, 0.25) is 0 Å². The van der Waals surface area contributed by atoms with Crippen LogP contribution in [0.25, 0.3) is 0 Å². The zero-order valence-electron chi connectivity index (χ0n) is 18.9. The summed E-state index contributed by atoms with van der Waals surface area (Å²) in [6.07, 6.45) is 0.834. The fourth-order valence-electron chi connectivity index (χ4n) is 3.20. The number of nitrogens with zero attached hydrogens (tertiary/aromatic N) is 2. The van der Waals surface area contributed by atoms with E-state index in [0.29, 0.717) is 32.8 Å². The van der Waals surface area contributed by atoms with Gasteiger partial charge in [0, 0.05) is 32.7 Å². The molecule has 0 atom stereocenters. The summed E-state index contributed by atoms with van der Waals surface area (Å²) in [7, 11) is -2.84. The first-order chi connectivity index (χ1) is 14.5. The Morgan fingerprint density at radius 2 is 1.74 bits per heavy atom. The maximum absolute atomic E-state index is 11.5. The molecule has 1 aliphatic rings. The molecule has 0 spiro atoms. The van der Waals surface area contributed by atoms with E-state index in [1.54, 1.807) is 0 Å². The van der Waals surface area contributed by atoms with Crippen LogP contribution in [0.3, 0.4) is 0 Å². The normalized spacial score (nSPS) is 16.3. The van der Waals surface area contributed by atoms with Gasteiger partial charge in [0.25, 0.3) is 0 Å². The maximum atomic E-state index is 11.5. The third kappa shape index (κ3) is 10.3. The van der Waals surface area contributed by atoms with Crippen molar-refractivity contribution in [3.8, 4) is 11.5 Å². The Bertz CT molecular complexity index is 776. The lowest BCUT2D eigenvalue weighted by Gasteiger charge is -2.25. The fourth-order valence-corrected chi connectivity index (χ4v) is 4.47. The Morgan fingerprint density at radius 3 is 2.39 bits per heavy atom. The third-order valence-corrected chi connectivity index (χ3v) is 6.39. The molecule has 1 heterocycles. The first-order valence-electron chi connectivity index (χ1n) is 10.8. The van der Waals surface area contributed by atoms with Gasteiger partial charge in [-0.25, -0.2) is 8.42 Å². The molecule has 1 aliphatic heterocycles. The van der Waals surface area contributed by atoms with E-state index in [1.165, 1.54) is 5.56 Å². The van der Waals surface area contributed by atoms with E-state index in [2.05, 4.69) is 26.6 Å². The van der Waals surface area contributed by atoms with E-state index in [-0.39, 0.29) is 35.5 Å². The molecule has 31 heavy (non-hydrogen) atoms. The molecule has 178 valence electrons. The smallest absolute Gasteiger partial charge is 0.191 e. The highest BCUT2D eigenvalue weighted by molar-refractivity contribution is 14.0. The van der Waals surface area contributed by atoms with Gasteiger partial charge in [0.15, 0.2) is 27.3 Å². The van der Waals surface area contributed by atoms with Gasteiger partial charge in [0.1, 0.15) is 0 Å². The number of benzene rings is 1. The first kappa shape index (κ1) is 27.8. The molecule has 0 unspecified atom stereocenters. The summed E-state index contributed by atoms with van der Waals surface area (Å²) in [5.41, 5.74) is 1.17. The summed E-state index contributed by atoms with van der Waals surface area (Å²) < 4.78 is 34.4. The number of ether oxygens (including phenoxy) is 2. The van der Waals surface area contributed by atoms with Crippen LogP contribution < -0.4 is 20.1 Å². The van der Waals surface area contributed by atoms with Gasteiger partial charge in [-0.1, -0.05) is 6.07 Å². The van der Waals surface area contributed by atoms with Crippen molar-refractivity contribution in [2.45, 2.75) is 27.2 Å². The molecule has 2 N–H and O–H groups in total. The Kier molecular flexibility index (Phi) is 13.2. The molecule has 1 saturated heterocycles. The minimum Gasteiger partial charge on any atom is -0.490 e. The van der Waals surface area contributed by atoms with Crippen molar-refractivity contribution < 1.29 is 17.9 Å². The zero-order valence-corrected chi connectivity index (χ0v) is 22.0. The average molecular weight is 569 g/mol. The lowest BCUT2D eigenvalue weighted by molar-refractivity contribution is 0.287. The van der Waals surface area contributed by atoms with E-state index < -0.39 is 9.84 Å². The summed E-state index contributed by atoms with van der Waals surface area (Å²) in [6, 6.07) is 6.05. The topological polar surface area (TPSA) is 92.3 Å². The molecule has 1 fully saturated rings. The van der Waals surface area contributed by atoms with E-state index in [0.717, 1.165) is 43.5 Å². The average Bonchev–Trinajstić information content (AvgIpc) is 2.71. The van der Waals surface area contributed by atoms with E-state index in [9.17, 15) is 8.42 Å². The van der Waals surface area contributed by atoms with Crippen LogP contribution in [-0.4, -0.2) is 83.3 Å². The Labute approximate surface area is 204 Å². The van der Waals surface area contributed by atoms with Crippen LogP contribution in [0.1, 0.15) is 26.3 Å². The molecule has 0 radical (unpaired) electrons. The number of guanidine groups is 1. The Hall–Kier alpha value is -1.27. The molecular formula is C21H37IN4O4S. The molecule has 0 aliphatic carbocycles. The molecule has 10 heteroatoms. The maximum Gasteiger partial charge on any atom is 0.191 e. The summed E-state index contributed by atoms with van der Waals surface area (Å²) in [6.45, 7) is 11.3. The van der Waals surface area contributed by atoms with Crippen LogP contribution in [0.5, 0.6) is 11.5 Å². The van der Waals surface area contributed by atoms with Gasteiger partial charge in [-0.15, -0.1) is 24.0 Å². The lowest BCUT2D eigenvalue weighted by Crippen LogP contribution is -2.42. The zero-order chi connectivity index (χ0) is 21.8. The van der Waals surface area contributed by atoms with Crippen molar-refractivity contribution in [3.63, 3.8) is 0 Å². The highest BCUT2D eigenvalue weighted by Crippen LogP contribution is 2.28. The Morgan fingerprint density at radius 1 is 1.06 bits per heavy atom. The van der Waals surface area contributed by atoms with Crippen molar-refractivity contribution in [1.82, 2.24) is 15.5 Å². The van der Waals surface area contributed by atoms with Crippen molar-refractivity contribution in [2.24, 2.45) is 4.99 Å². The molecular weight excluding hydrogens is 531 g/mol. The van der Waals surface area contributed by atoms with Crippen LogP contribution >= 0.6 is 24.0 Å². The summed E-state index contributed by atoms with van der Waals surface area (Å²) in [4.78, 5) is 6.78. The summed E-state index contributed by atoms with van der Waals surface area (Å²) >= 11 is 0. The van der Waals surface area contributed by atoms with Crippen LogP contribution in [0.4, 0.5) is 0 Å². The SMILES string of the molecule is CCNC(=NCCN1CCS(=O)(=O)CC1)NCCc1ccc(OCC)c(OCC)c1.I. The number of halogens is 1. The number of rotatable bonds is 11. The number of hydrogen-bond acceptors (Lipinski definition) is 6. The van der Waals surface area contributed by atoms with Gasteiger partial charge in [-0.2, -0.15) is 0 Å². The van der Waals surface area contributed by atoms with Crippen LogP contribution in [0.15, 0.2) is 23.2 Å². The van der Waals surface area contributed by atoms with E-state index >= 15 is 0 Å². The standard InChI is InChI=1S/C21H36N4O4S.HI/c1-4-22-21(24-11-12-25-13-15-30(26,27)16-14-25)23-10-9-18-7-8-19(28-5-2)20(17-18)29-6-3;/h7-8,17H,4-6,9-16H2,1-3H3,(H2,22,23,24);1H. The molecule has 0 amide bonds. The third-order valence-electron chi connectivity index (χ3n) is 4.78. The van der Waals surface area contributed by atoms with Crippen molar-refractivity contribution in [3.05, 3.63) is 23.8 Å². The van der Waals surface area contributed by atoms with Crippen LogP contribution in [0, 0.1) is 0 Å². The van der Waals surface area contributed by atoms with E-state index in [1.807, 2.05) is 32.9 Å². The quantitative estimate of drug-likeness (QED) is 0.240. The largest absolute Gasteiger partial charge is 0.490 e. The Balaban J connectivity index is 0.00000480. The van der Waals surface area contributed by atoms with Gasteiger partial charge in [-0.05, 0) is 44.9 Å². The molecule has 8 nitrogen and oxygen atoms in total.